The Morgan fingerprint density at radius 2 is 1.78 bits per heavy atom. The number of hydrogen-bond acceptors (Lipinski definition) is 5. The normalized spacial score (nSPS) is 21.7. The molecular weight excluding hydrogens is 390 g/mol. The summed E-state index contributed by atoms with van der Waals surface area (Å²) in [6.07, 6.45) is 4.02. The fourth-order valence-corrected chi connectivity index (χ4v) is 5.99. The highest BCUT2D eigenvalue weighted by Crippen LogP contribution is 2.36. The summed E-state index contributed by atoms with van der Waals surface area (Å²) >= 11 is 6.00. The van der Waals surface area contributed by atoms with Crippen molar-refractivity contribution < 1.29 is 17.9 Å². The average Bonchev–Trinajstić information content (AvgIpc) is 2.68. The van der Waals surface area contributed by atoms with E-state index in [1.807, 2.05) is 0 Å². The predicted octanol–water partition coefficient (Wildman–Crippen LogP) is 1.84. The van der Waals surface area contributed by atoms with Crippen LogP contribution in [-0.4, -0.2) is 62.4 Å². The zero-order valence-corrected chi connectivity index (χ0v) is 17.1. The number of hydrogen-bond donors (Lipinski definition) is 1. The van der Waals surface area contributed by atoms with E-state index < -0.39 is 15.6 Å². The molecule has 3 rings (SSSR count). The first-order chi connectivity index (χ1) is 12.8. The van der Waals surface area contributed by atoms with Crippen molar-refractivity contribution >= 4 is 27.5 Å². The molecule has 2 fully saturated rings. The van der Waals surface area contributed by atoms with Crippen LogP contribution in [0.15, 0.2) is 23.1 Å². The van der Waals surface area contributed by atoms with E-state index in [0.29, 0.717) is 17.9 Å². The molecule has 9 heteroatoms. The molecule has 1 aromatic rings. The minimum Gasteiger partial charge on any atom is -0.495 e. The summed E-state index contributed by atoms with van der Waals surface area (Å²) in [5.74, 6) is -0.107. The van der Waals surface area contributed by atoms with Crippen LogP contribution in [0.2, 0.25) is 5.02 Å². The van der Waals surface area contributed by atoms with Crippen molar-refractivity contribution in [2.45, 2.75) is 42.5 Å². The number of ether oxygens (including phenoxy) is 1. The van der Waals surface area contributed by atoms with Gasteiger partial charge >= 0.3 is 0 Å². The highest BCUT2D eigenvalue weighted by atomic mass is 35.5. The van der Waals surface area contributed by atoms with Crippen LogP contribution in [0.25, 0.3) is 0 Å². The third-order valence-corrected chi connectivity index (χ3v) is 7.87. The lowest BCUT2D eigenvalue weighted by molar-refractivity contribution is -0.134. The Morgan fingerprint density at radius 1 is 1.15 bits per heavy atom. The van der Waals surface area contributed by atoms with Gasteiger partial charge in [0.15, 0.2) is 0 Å². The SMILES string of the molecule is COc1ccc(Cl)cc1S(=O)(=O)N1CCC(C(N)=O)(N2CCCCC2)CC1. The van der Waals surface area contributed by atoms with Gasteiger partial charge in [-0.15, -0.1) is 0 Å². The second-order valence-corrected chi connectivity index (χ2v) is 9.49. The van der Waals surface area contributed by atoms with Gasteiger partial charge < -0.3 is 10.5 Å². The summed E-state index contributed by atoms with van der Waals surface area (Å²) < 4.78 is 32.9. The number of rotatable bonds is 5. The second kappa shape index (κ2) is 7.95. The number of nitrogens with two attached hydrogens (primary N) is 1. The van der Waals surface area contributed by atoms with Gasteiger partial charge in [0, 0.05) is 18.1 Å². The highest BCUT2D eigenvalue weighted by molar-refractivity contribution is 7.89. The minimum atomic E-state index is -3.78. The highest BCUT2D eigenvalue weighted by Gasteiger charge is 2.47. The molecule has 0 saturated carbocycles. The molecule has 2 N–H and O–H groups in total. The third kappa shape index (κ3) is 3.81. The summed E-state index contributed by atoms with van der Waals surface area (Å²) in [6, 6.07) is 4.53. The number of amides is 1. The lowest BCUT2D eigenvalue weighted by Gasteiger charge is -2.47. The average molecular weight is 416 g/mol. The zero-order chi connectivity index (χ0) is 19.7. The molecular formula is C18H26ClN3O4S. The van der Waals surface area contributed by atoms with Crippen LogP contribution >= 0.6 is 11.6 Å². The van der Waals surface area contributed by atoms with Crippen molar-refractivity contribution in [3.05, 3.63) is 23.2 Å². The first-order valence-electron chi connectivity index (χ1n) is 9.20. The number of primary amides is 1. The van der Waals surface area contributed by atoms with Gasteiger partial charge in [0.25, 0.3) is 0 Å². The summed E-state index contributed by atoms with van der Waals surface area (Å²) in [4.78, 5) is 14.5. The third-order valence-electron chi connectivity index (χ3n) is 5.71. The maximum absolute atomic E-state index is 13.1. The quantitative estimate of drug-likeness (QED) is 0.792. The molecule has 0 bridgehead atoms. The Hall–Kier alpha value is -1.35. The van der Waals surface area contributed by atoms with E-state index in [-0.39, 0.29) is 29.6 Å². The van der Waals surface area contributed by atoms with E-state index in [9.17, 15) is 13.2 Å². The van der Waals surface area contributed by atoms with E-state index >= 15 is 0 Å². The first-order valence-corrected chi connectivity index (χ1v) is 11.0. The van der Waals surface area contributed by atoms with Crippen LogP contribution in [0, 0.1) is 0 Å². The molecule has 0 spiro atoms. The molecule has 0 aliphatic carbocycles. The van der Waals surface area contributed by atoms with Gasteiger partial charge in [-0.1, -0.05) is 18.0 Å². The van der Waals surface area contributed by atoms with Crippen LogP contribution < -0.4 is 10.5 Å². The fourth-order valence-electron chi connectivity index (χ4n) is 4.13. The monoisotopic (exact) mass is 415 g/mol. The number of methoxy groups -OCH3 is 1. The number of nitrogens with zero attached hydrogens (tertiary/aromatic N) is 2. The van der Waals surface area contributed by atoms with Crippen LogP contribution in [0.1, 0.15) is 32.1 Å². The number of carbonyl (C=O) groups excluding carboxylic acids is 1. The Labute approximate surface area is 165 Å². The van der Waals surface area contributed by atoms with E-state index in [1.165, 1.54) is 17.5 Å². The van der Waals surface area contributed by atoms with Crippen LogP contribution in [0.4, 0.5) is 0 Å². The maximum atomic E-state index is 13.1. The molecule has 0 atom stereocenters. The van der Waals surface area contributed by atoms with Gasteiger partial charge in [-0.3, -0.25) is 9.69 Å². The van der Waals surface area contributed by atoms with E-state index in [2.05, 4.69) is 4.90 Å². The van der Waals surface area contributed by atoms with E-state index in [4.69, 9.17) is 22.1 Å². The first kappa shape index (κ1) is 20.4. The zero-order valence-electron chi connectivity index (χ0n) is 15.5. The lowest BCUT2D eigenvalue weighted by Crippen LogP contribution is -2.63. The molecule has 2 aliphatic rings. The number of sulfonamides is 1. The molecule has 150 valence electrons. The lowest BCUT2D eigenvalue weighted by atomic mass is 9.84. The fraction of sp³-hybridized carbons (Fsp3) is 0.611. The summed E-state index contributed by atoms with van der Waals surface area (Å²) in [5.41, 5.74) is 5.02. The summed E-state index contributed by atoms with van der Waals surface area (Å²) in [7, 11) is -2.36. The van der Waals surface area contributed by atoms with Crippen LogP contribution in [0.5, 0.6) is 5.75 Å². The molecule has 0 aromatic heterocycles. The maximum Gasteiger partial charge on any atom is 0.246 e. The topological polar surface area (TPSA) is 92.9 Å². The number of carbonyl (C=O) groups is 1. The molecule has 27 heavy (non-hydrogen) atoms. The van der Waals surface area contributed by atoms with Crippen molar-refractivity contribution in [2.24, 2.45) is 5.73 Å². The molecule has 1 aromatic carbocycles. The van der Waals surface area contributed by atoms with Gasteiger partial charge in [0.2, 0.25) is 15.9 Å². The van der Waals surface area contributed by atoms with Gasteiger partial charge in [0.1, 0.15) is 16.2 Å². The van der Waals surface area contributed by atoms with Crippen molar-refractivity contribution in [1.29, 1.82) is 0 Å². The van der Waals surface area contributed by atoms with Crippen molar-refractivity contribution in [2.75, 3.05) is 33.3 Å². The smallest absolute Gasteiger partial charge is 0.246 e. The number of piperidine rings is 2. The standard InChI is InChI=1S/C18H26ClN3O4S/c1-26-15-6-5-14(19)13-16(15)27(24,25)22-11-7-18(8-12-22,17(20)23)21-9-3-2-4-10-21/h5-6,13H,2-4,7-12H2,1H3,(H2,20,23). The summed E-state index contributed by atoms with van der Waals surface area (Å²) in [6.45, 7) is 2.13. The Balaban J connectivity index is 1.83. The minimum absolute atomic E-state index is 0.0436. The van der Waals surface area contributed by atoms with Gasteiger partial charge in [-0.05, 0) is 57.0 Å². The van der Waals surface area contributed by atoms with Crippen molar-refractivity contribution in [1.82, 2.24) is 9.21 Å². The van der Waals surface area contributed by atoms with Crippen LogP contribution in [-0.2, 0) is 14.8 Å². The Bertz CT molecular complexity index is 801. The second-order valence-electron chi connectivity index (χ2n) is 7.14. The van der Waals surface area contributed by atoms with Gasteiger partial charge in [-0.25, -0.2) is 8.42 Å². The summed E-state index contributed by atoms with van der Waals surface area (Å²) in [5, 5.41) is 0.325. The largest absolute Gasteiger partial charge is 0.495 e. The molecule has 7 nitrogen and oxygen atoms in total. The molecule has 1 amide bonds. The van der Waals surface area contributed by atoms with Crippen molar-refractivity contribution in [3.63, 3.8) is 0 Å². The molecule has 2 heterocycles. The Morgan fingerprint density at radius 3 is 2.33 bits per heavy atom. The number of halogens is 1. The molecule has 2 saturated heterocycles. The van der Waals surface area contributed by atoms with E-state index in [1.54, 1.807) is 12.1 Å². The predicted molar refractivity (Wildman–Crippen MR) is 103 cm³/mol. The Kier molecular flexibility index (Phi) is 6.00. The van der Waals surface area contributed by atoms with E-state index in [0.717, 1.165) is 32.4 Å². The van der Waals surface area contributed by atoms with Gasteiger partial charge in [-0.2, -0.15) is 4.31 Å². The molecule has 0 unspecified atom stereocenters. The number of benzene rings is 1. The number of likely N-dealkylation sites (tertiary alicyclic amines) is 1. The van der Waals surface area contributed by atoms with Gasteiger partial charge in [0.05, 0.1) is 7.11 Å². The molecule has 0 radical (unpaired) electrons. The molecule has 2 aliphatic heterocycles. The van der Waals surface area contributed by atoms with Crippen LogP contribution in [0.3, 0.4) is 0 Å². The van der Waals surface area contributed by atoms with Crippen molar-refractivity contribution in [3.8, 4) is 5.75 Å².